The molecule has 0 saturated heterocycles. The van der Waals surface area contributed by atoms with Crippen molar-refractivity contribution in [2.45, 2.75) is 102 Å². The number of fused-ring (bicyclic) bond motifs is 1. The molecule has 6 heteroatoms. The quantitative estimate of drug-likeness (QED) is 0.326. The van der Waals surface area contributed by atoms with Gasteiger partial charge in [0.25, 0.3) is 5.92 Å². The van der Waals surface area contributed by atoms with Crippen LogP contribution in [0.2, 0.25) is 0 Å². The molecule has 0 radical (unpaired) electrons. The van der Waals surface area contributed by atoms with Crippen LogP contribution < -0.4 is 0 Å². The third-order valence-electron chi connectivity index (χ3n) is 6.95. The zero-order chi connectivity index (χ0) is 20.8. The zero-order valence-corrected chi connectivity index (χ0v) is 17.4. The van der Waals surface area contributed by atoms with E-state index in [1.807, 2.05) is 0 Å². The summed E-state index contributed by atoms with van der Waals surface area (Å²) in [5.41, 5.74) is -1.17. The first-order chi connectivity index (χ1) is 13.3. The largest absolute Gasteiger partial charge is 0.469 e. The van der Waals surface area contributed by atoms with Crippen molar-refractivity contribution in [1.82, 2.24) is 0 Å². The second-order valence-corrected chi connectivity index (χ2v) is 8.65. The molecule has 2 aliphatic carbocycles. The molecule has 0 spiro atoms. The number of ether oxygens (including phenoxy) is 1. The molecule has 4 nitrogen and oxygen atoms in total. The number of ketones is 1. The van der Waals surface area contributed by atoms with Crippen LogP contribution >= 0.6 is 0 Å². The lowest BCUT2D eigenvalue weighted by Gasteiger charge is -2.28. The third kappa shape index (κ3) is 4.92. The summed E-state index contributed by atoms with van der Waals surface area (Å²) in [6, 6.07) is 0. The molecule has 4 atom stereocenters. The predicted octanol–water partition coefficient (Wildman–Crippen LogP) is 5.06. The van der Waals surface area contributed by atoms with Crippen LogP contribution in [-0.4, -0.2) is 36.0 Å². The van der Waals surface area contributed by atoms with Gasteiger partial charge in [-0.3, -0.25) is 9.59 Å². The lowest BCUT2D eigenvalue weighted by molar-refractivity contribution is -0.140. The van der Waals surface area contributed by atoms with E-state index in [1.54, 1.807) is 0 Å². The maximum Gasteiger partial charge on any atom is 0.305 e. The molecule has 0 aliphatic heterocycles. The molecule has 0 aromatic rings. The van der Waals surface area contributed by atoms with Crippen LogP contribution in [0.1, 0.15) is 90.4 Å². The normalized spacial score (nSPS) is 30.1. The second kappa shape index (κ2) is 10.1. The third-order valence-corrected chi connectivity index (χ3v) is 6.95. The highest BCUT2D eigenvalue weighted by atomic mass is 19.3. The SMILES string of the molecule is CCCCCC(=O)CC[C@]12[C@H](CCCCCCC(=O)OC)[C@@H](O)C[C@H]1C2(F)F. The smallest absolute Gasteiger partial charge is 0.305 e. The molecule has 0 aromatic carbocycles. The maximum atomic E-state index is 14.6. The zero-order valence-electron chi connectivity index (χ0n) is 17.4. The summed E-state index contributed by atoms with van der Waals surface area (Å²) in [5, 5.41) is 10.4. The Hall–Kier alpha value is -1.04. The van der Waals surface area contributed by atoms with Gasteiger partial charge in [0.05, 0.1) is 13.2 Å². The minimum Gasteiger partial charge on any atom is -0.469 e. The molecule has 2 fully saturated rings. The van der Waals surface area contributed by atoms with Gasteiger partial charge in [0.1, 0.15) is 5.78 Å². The highest BCUT2D eigenvalue weighted by molar-refractivity contribution is 5.78. The minimum atomic E-state index is -2.74. The molecule has 2 saturated carbocycles. The molecule has 0 heterocycles. The Morgan fingerprint density at radius 1 is 1.04 bits per heavy atom. The Kier molecular flexibility index (Phi) is 8.41. The minimum absolute atomic E-state index is 0.0761. The maximum absolute atomic E-state index is 14.6. The molecule has 0 bridgehead atoms. The van der Waals surface area contributed by atoms with E-state index in [4.69, 9.17) is 0 Å². The monoisotopic (exact) mass is 402 g/mol. The summed E-state index contributed by atoms with van der Waals surface area (Å²) < 4.78 is 33.7. The average Bonchev–Trinajstić information content (AvgIpc) is 2.95. The number of rotatable bonds is 14. The fourth-order valence-corrected chi connectivity index (χ4v) is 5.28. The number of carbonyl (C=O) groups excluding carboxylic acids is 2. The fourth-order valence-electron chi connectivity index (χ4n) is 5.28. The first-order valence-corrected chi connectivity index (χ1v) is 11.0. The molecular formula is C22H36F2O4. The van der Waals surface area contributed by atoms with E-state index in [-0.39, 0.29) is 31.0 Å². The van der Waals surface area contributed by atoms with Crippen LogP contribution in [-0.2, 0) is 14.3 Å². The lowest BCUT2D eigenvalue weighted by atomic mass is 9.80. The number of esters is 1. The van der Waals surface area contributed by atoms with Crippen molar-refractivity contribution in [2.75, 3.05) is 7.11 Å². The number of aliphatic hydroxyl groups is 1. The molecule has 0 amide bonds. The Balaban J connectivity index is 1.81. The van der Waals surface area contributed by atoms with Crippen LogP contribution in [0, 0.1) is 17.3 Å². The average molecular weight is 403 g/mol. The summed E-state index contributed by atoms with van der Waals surface area (Å²) in [4.78, 5) is 23.2. The number of carbonyl (C=O) groups is 2. The first-order valence-electron chi connectivity index (χ1n) is 11.0. The van der Waals surface area contributed by atoms with Crippen molar-refractivity contribution >= 4 is 11.8 Å². The summed E-state index contributed by atoms with van der Waals surface area (Å²) in [7, 11) is 1.37. The van der Waals surface area contributed by atoms with Crippen LogP contribution in [0.5, 0.6) is 0 Å². The van der Waals surface area contributed by atoms with Crippen molar-refractivity contribution in [3.8, 4) is 0 Å². The van der Waals surface area contributed by atoms with Crippen molar-refractivity contribution < 1.29 is 28.2 Å². The molecule has 162 valence electrons. The Morgan fingerprint density at radius 3 is 2.39 bits per heavy atom. The Bertz CT molecular complexity index is 537. The van der Waals surface area contributed by atoms with E-state index in [9.17, 15) is 23.5 Å². The van der Waals surface area contributed by atoms with Crippen LogP contribution in [0.15, 0.2) is 0 Å². The highest BCUT2D eigenvalue weighted by Gasteiger charge is 2.85. The predicted molar refractivity (Wildman–Crippen MR) is 103 cm³/mol. The van der Waals surface area contributed by atoms with Crippen molar-refractivity contribution in [2.24, 2.45) is 17.3 Å². The van der Waals surface area contributed by atoms with Gasteiger partial charge in [0, 0.05) is 30.6 Å². The van der Waals surface area contributed by atoms with Gasteiger partial charge in [0.15, 0.2) is 0 Å². The van der Waals surface area contributed by atoms with E-state index in [2.05, 4.69) is 11.7 Å². The van der Waals surface area contributed by atoms with Crippen LogP contribution in [0.4, 0.5) is 8.78 Å². The number of Topliss-reactive ketones (excluding diaryl/α,β-unsaturated/α-hetero) is 1. The van der Waals surface area contributed by atoms with Gasteiger partial charge in [-0.15, -0.1) is 0 Å². The molecule has 0 unspecified atom stereocenters. The summed E-state index contributed by atoms with van der Waals surface area (Å²) in [6.07, 6.45) is 7.36. The molecular weight excluding hydrogens is 366 g/mol. The van der Waals surface area contributed by atoms with Gasteiger partial charge in [-0.05, 0) is 38.0 Å². The summed E-state index contributed by atoms with van der Waals surface area (Å²) in [6.45, 7) is 2.07. The number of unbranched alkanes of at least 4 members (excludes halogenated alkanes) is 5. The first kappa shape index (κ1) is 23.2. The van der Waals surface area contributed by atoms with Gasteiger partial charge < -0.3 is 9.84 Å². The molecule has 2 aliphatic rings. The molecule has 1 N–H and O–H groups in total. The molecule has 0 aromatic heterocycles. The number of methoxy groups -OCH3 is 1. The van der Waals surface area contributed by atoms with Crippen molar-refractivity contribution in [3.63, 3.8) is 0 Å². The number of hydrogen-bond acceptors (Lipinski definition) is 4. The lowest BCUT2D eigenvalue weighted by Crippen LogP contribution is -2.31. The Morgan fingerprint density at radius 2 is 1.71 bits per heavy atom. The van der Waals surface area contributed by atoms with Gasteiger partial charge >= 0.3 is 5.97 Å². The molecule has 2 rings (SSSR count). The van der Waals surface area contributed by atoms with Crippen molar-refractivity contribution in [3.05, 3.63) is 0 Å². The summed E-state index contributed by atoms with van der Waals surface area (Å²) >= 11 is 0. The van der Waals surface area contributed by atoms with Crippen molar-refractivity contribution in [1.29, 1.82) is 0 Å². The molecule has 28 heavy (non-hydrogen) atoms. The second-order valence-electron chi connectivity index (χ2n) is 8.65. The standard InChI is InChI=1S/C22H36F2O4/c1-3-4-7-10-16(25)13-14-21-17(18(26)15-19(21)22(21,23)24)11-8-5-6-9-12-20(27)28-2/h17-19,26H,3-15H2,1-2H3/t17-,18+,19-,21+/m1/s1. The van der Waals surface area contributed by atoms with Crippen LogP contribution in [0.3, 0.4) is 0 Å². The van der Waals surface area contributed by atoms with Gasteiger partial charge in [-0.1, -0.05) is 39.0 Å². The highest BCUT2D eigenvalue weighted by Crippen LogP contribution is 2.78. The Labute approximate surface area is 167 Å². The summed E-state index contributed by atoms with van der Waals surface area (Å²) in [5.74, 6) is -4.08. The number of alkyl halides is 2. The van der Waals surface area contributed by atoms with E-state index in [0.29, 0.717) is 19.3 Å². The van der Waals surface area contributed by atoms with E-state index in [1.165, 1.54) is 7.11 Å². The van der Waals surface area contributed by atoms with E-state index >= 15 is 0 Å². The van der Waals surface area contributed by atoms with Gasteiger partial charge in [-0.2, -0.15) is 0 Å². The van der Waals surface area contributed by atoms with Gasteiger partial charge in [0.2, 0.25) is 0 Å². The number of aliphatic hydroxyl groups excluding tert-OH is 1. The van der Waals surface area contributed by atoms with Gasteiger partial charge in [-0.25, -0.2) is 8.78 Å². The topological polar surface area (TPSA) is 63.6 Å². The van der Waals surface area contributed by atoms with Crippen LogP contribution in [0.25, 0.3) is 0 Å². The van der Waals surface area contributed by atoms with E-state index < -0.39 is 29.3 Å². The van der Waals surface area contributed by atoms with E-state index in [0.717, 1.165) is 44.9 Å². The number of halogens is 2. The number of hydrogen-bond donors (Lipinski definition) is 1. The fraction of sp³-hybridized carbons (Fsp3) is 0.909.